The summed E-state index contributed by atoms with van der Waals surface area (Å²) in [6, 6.07) is 1.22. The van der Waals surface area contributed by atoms with Crippen LogP contribution in [0.2, 0.25) is 5.02 Å². The Kier molecular flexibility index (Phi) is 7.12. The van der Waals surface area contributed by atoms with E-state index in [2.05, 4.69) is 15.3 Å². The Balaban J connectivity index is 1.57. The smallest absolute Gasteiger partial charge is 0.416 e. The molecule has 194 valence electrons. The van der Waals surface area contributed by atoms with Gasteiger partial charge in [-0.3, -0.25) is 9.59 Å². The first-order valence-corrected chi connectivity index (χ1v) is 11.5. The van der Waals surface area contributed by atoms with Crippen molar-refractivity contribution in [2.75, 3.05) is 35.6 Å². The molecule has 1 aromatic carbocycles. The van der Waals surface area contributed by atoms with Crippen LogP contribution in [0, 0.1) is 11.7 Å². The van der Waals surface area contributed by atoms with Gasteiger partial charge < -0.3 is 26.0 Å². The fourth-order valence-electron chi connectivity index (χ4n) is 4.72. The van der Waals surface area contributed by atoms with Crippen LogP contribution in [0.25, 0.3) is 0 Å². The second-order valence-corrected chi connectivity index (χ2v) is 9.18. The van der Waals surface area contributed by atoms with E-state index in [9.17, 15) is 32.3 Å². The molecule has 36 heavy (non-hydrogen) atoms. The summed E-state index contributed by atoms with van der Waals surface area (Å²) in [5.41, 5.74) is 4.60. The lowest BCUT2D eigenvalue weighted by Crippen LogP contribution is -2.61. The van der Waals surface area contributed by atoms with E-state index in [1.165, 1.54) is 15.9 Å². The topological polar surface area (TPSA) is 125 Å². The van der Waals surface area contributed by atoms with Crippen LogP contribution >= 0.6 is 11.6 Å². The van der Waals surface area contributed by atoms with Crippen LogP contribution in [0.5, 0.6) is 0 Å². The summed E-state index contributed by atoms with van der Waals surface area (Å²) in [6.07, 6.45) is -2.60. The molecule has 0 bridgehead atoms. The third-order valence-corrected chi connectivity index (χ3v) is 6.65. The standard InChI is InChI=1S/C22H23ClF4N6O3/c23-12-6-11(22(25,26)27)7-13(8-12)31-15-2-1-4-33(20(15)34)16-9-32(5-3-14(16)21(35)36)19-17(24)18(28)29-10-30-19/h6-8,10,14-16,31H,1-5,9H2,(H,35,36)(H2,28,29,30)/t14-,15+,16-/m0/s1. The summed E-state index contributed by atoms with van der Waals surface area (Å²) >= 11 is 5.86. The Labute approximate surface area is 208 Å². The van der Waals surface area contributed by atoms with Crippen molar-refractivity contribution in [3.8, 4) is 0 Å². The highest BCUT2D eigenvalue weighted by Crippen LogP contribution is 2.35. The first-order chi connectivity index (χ1) is 17.0. The van der Waals surface area contributed by atoms with Crippen LogP contribution in [0.1, 0.15) is 24.8 Å². The minimum absolute atomic E-state index is 0.0157. The van der Waals surface area contributed by atoms with Crippen molar-refractivity contribution < 1.29 is 32.3 Å². The Morgan fingerprint density at radius 3 is 2.64 bits per heavy atom. The second-order valence-electron chi connectivity index (χ2n) is 8.74. The number of alkyl halides is 3. The van der Waals surface area contributed by atoms with Gasteiger partial charge in [0.05, 0.1) is 17.5 Å². The van der Waals surface area contributed by atoms with E-state index in [1.54, 1.807) is 0 Å². The Morgan fingerprint density at radius 1 is 1.19 bits per heavy atom. The molecule has 0 radical (unpaired) electrons. The summed E-state index contributed by atoms with van der Waals surface area (Å²) in [5, 5.41) is 12.5. The number of carbonyl (C=O) groups is 2. The number of nitrogen functional groups attached to an aromatic ring is 1. The number of carboxylic acid groups (broad SMARTS) is 1. The van der Waals surface area contributed by atoms with Gasteiger partial charge in [-0.2, -0.15) is 17.6 Å². The zero-order chi connectivity index (χ0) is 26.2. The Hall–Kier alpha value is -3.35. The molecule has 0 saturated carbocycles. The number of nitrogens with two attached hydrogens (primary N) is 1. The van der Waals surface area contributed by atoms with E-state index in [4.69, 9.17) is 17.3 Å². The van der Waals surface area contributed by atoms with E-state index in [0.717, 1.165) is 18.5 Å². The number of carboxylic acids is 1. The maximum atomic E-state index is 14.6. The number of aliphatic carboxylic acids is 1. The molecule has 2 aromatic rings. The lowest BCUT2D eigenvalue weighted by molar-refractivity contribution is -0.149. The summed E-state index contributed by atoms with van der Waals surface area (Å²) in [6.45, 7) is 0.405. The van der Waals surface area contributed by atoms with E-state index in [1.807, 2.05) is 0 Å². The third-order valence-electron chi connectivity index (χ3n) is 6.44. The molecule has 1 amide bonds. The van der Waals surface area contributed by atoms with Gasteiger partial charge in [0.25, 0.3) is 0 Å². The van der Waals surface area contributed by atoms with Crippen molar-refractivity contribution in [3.05, 3.63) is 40.9 Å². The molecule has 0 aliphatic carbocycles. The fourth-order valence-corrected chi connectivity index (χ4v) is 4.96. The van der Waals surface area contributed by atoms with E-state index in [-0.39, 0.29) is 48.4 Å². The predicted molar refractivity (Wildman–Crippen MR) is 123 cm³/mol. The molecule has 2 saturated heterocycles. The quantitative estimate of drug-likeness (QED) is 0.503. The van der Waals surface area contributed by atoms with Gasteiger partial charge in [0.15, 0.2) is 11.6 Å². The molecule has 1 aromatic heterocycles. The third kappa shape index (κ3) is 5.25. The highest BCUT2D eigenvalue weighted by molar-refractivity contribution is 6.31. The van der Waals surface area contributed by atoms with Gasteiger partial charge in [-0.05, 0) is 37.5 Å². The molecule has 0 unspecified atom stereocenters. The monoisotopic (exact) mass is 530 g/mol. The first-order valence-electron chi connectivity index (χ1n) is 11.1. The number of halogens is 5. The number of aromatic nitrogens is 2. The molecule has 14 heteroatoms. The van der Waals surface area contributed by atoms with Gasteiger partial charge in [-0.25, -0.2) is 9.97 Å². The van der Waals surface area contributed by atoms with Crippen LogP contribution < -0.4 is 16.0 Å². The molecule has 2 fully saturated rings. The van der Waals surface area contributed by atoms with Gasteiger partial charge in [-0.15, -0.1) is 0 Å². The van der Waals surface area contributed by atoms with Crippen molar-refractivity contribution >= 4 is 40.8 Å². The molecule has 0 spiro atoms. The van der Waals surface area contributed by atoms with Crippen LogP contribution in [-0.4, -0.2) is 63.6 Å². The van der Waals surface area contributed by atoms with Gasteiger partial charge in [-0.1, -0.05) is 11.6 Å². The highest BCUT2D eigenvalue weighted by atomic mass is 35.5. The average molecular weight is 531 g/mol. The molecule has 2 aliphatic rings. The van der Waals surface area contributed by atoms with Gasteiger partial charge in [0.2, 0.25) is 11.7 Å². The van der Waals surface area contributed by atoms with Gasteiger partial charge >= 0.3 is 12.1 Å². The van der Waals surface area contributed by atoms with Crippen LogP contribution in [0.4, 0.5) is 34.9 Å². The SMILES string of the molecule is Nc1ncnc(N2CC[C@H](C(=O)O)[C@@H](N3CCC[C@@H](Nc4cc(Cl)cc(C(F)(F)F)c4)C3=O)C2)c1F. The van der Waals surface area contributed by atoms with E-state index in [0.29, 0.717) is 12.8 Å². The number of likely N-dealkylation sites (tertiary alicyclic amines) is 1. The zero-order valence-electron chi connectivity index (χ0n) is 18.8. The summed E-state index contributed by atoms with van der Waals surface area (Å²) in [7, 11) is 0. The number of nitrogens with zero attached hydrogens (tertiary/aromatic N) is 4. The number of benzene rings is 1. The fraction of sp³-hybridized carbons (Fsp3) is 0.455. The molecule has 4 rings (SSSR count). The minimum Gasteiger partial charge on any atom is -0.481 e. The van der Waals surface area contributed by atoms with Crippen molar-refractivity contribution in [1.29, 1.82) is 0 Å². The van der Waals surface area contributed by atoms with Gasteiger partial charge in [0, 0.05) is 30.3 Å². The van der Waals surface area contributed by atoms with Crippen molar-refractivity contribution in [2.45, 2.75) is 37.5 Å². The number of hydrogen-bond acceptors (Lipinski definition) is 7. The second kappa shape index (κ2) is 9.96. The number of amides is 1. The van der Waals surface area contributed by atoms with E-state index >= 15 is 0 Å². The van der Waals surface area contributed by atoms with Gasteiger partial charge in [0.1, 0.15) is 12.4 Å². The number of hydrogen-bond donors (Lipinski definition) is 3. The Bertz CT molecular complexity index is 1170. The Morgan fingerprint density at radius 2 is 1.94 bits per heavy atom. The number of piperidine rings is 2. The van der Waals surface area contributed by atoms with Crippen LogP contribution in [0.15, 0.2) is 24.5 Å². The highest BCUT2D eigenvalue weighted by Gasteiger charge is 2.43. The number of nitrogens with one attached hydrogen (secondary N) is 1. The normalized spacial score (nSPS) is 23.0. The molecule has 4 N–H and O–H groups in total. The molecule has 2 aliphatic heterocycles. The first kappa shape index (κ1) is 25.7. The van der Waals surface area contributed by atoms with Crippen molar-refractivity contribution in [2.24, 2.45) is 5.92 Å². The largest absolute Gasteiger partial charge is 0.481 e. The predicted octanol–water partition coefficient (Wildman–Crippen LogP) is 3.25. The molecular formula is C22H23ClF4N6O3. The maximum absolute atomic E-state index is 14.6. The lowest BCUT2D eigenvalue weighted by Gasteiger charge is -2.45. The van der Waals surface area contributed by atoms with Crippen molar-refractivity contribution in [3.63, 3.8) is 0 Å². The van der Waals surface area contributed by atoms with Crippen LogP contribution in [0.3, 0.4) is 0 Å². The number of rotatable bonds is 5. The zero-order valence-corrected chi connectivity index (χ0v) is 19.6. The van der Waals surface area contributed by atoms with Crippen LogP contribution in [-0.2, 0) is 15.8 Å². The van der Waals surface area contributed by atoms with Crippen molar-refractivity contribution in [1.82, 2.24) is 14.9 Å². The molecular weight excluding hydrogens is 508 g/mol. The summed E-state index contributed by atoms with van der Waals surface area (Å²) < 4.78 is 54.1. The average Bonchev–Trinajstić information content (AvgIpc) is 2.81. The summed E-state index contributed by atoms with van der Waals surface area (Å²) in [5.74, 6) is -3.76. The maximum Gasteiger partial charge on any atom is 0.416 e. The summed E-state index contributed by atoms with van der Waals surface area (Å²) in [4.78, 5) is 35.9. The molecule has 3 atom stereocenters. The number of anilines is 3. The lowest BCUT2D eigenvalue weighted by atomic mass is 9.88. The number of carbonyl (C=O) groups excluding carboxylic acids is 1. The molecule has 9 nitrogen and oxygen atoms in total. The molecule has 3 heterocycles. The minimum atomic E-state index is -4.62. The van der Waals surface area contributed by atoms with E-state index < -0.39 is 47.4 Å².